The van der Waals surface area contributed by atoms with Gasteiger partial charge >= 0.3 is 0 Å². The monoisotopic (exact) mass is 206 g/mol. The first-order chi connectivity index (χ1) is 7.27. The Bertz CT molecular complexity index is 302. The van der Waals surface area contributed by atoms with Gasteiger partial charge in [0.15, 0.2) is 0 Å². The van der Waals surface area contributed by atoms with Gasteiger partial charge in [0.25, 0.3) is 0 Å². The van der Waals surface area contributed by atoms with Crippen LogP contribution in [-0.4, -0.2) is 30.3 Å². The van der Waals surface area contributed by atoms with E-state index in [0.29, 0.717) is 0 Å². The predicted octanol–water partition coefficient (Wildman–Crippen LogP) is 1.19. The van der Waals surface area contributed by atoms with Crippen LogP contribution >= 0.6 is 0 Å². The third-order valence-corrected chi connectivity index (χ3v) is 2.89. The quantitative estimate of drug-likeness (QED) is 0.790. The molecule has 1 saturated heterocycles. The van der Waals surface area contributed by atoms with Gasteiger partial charge in [-0.25, -0.2) is 0 Å². The lowest BCUT2D eigenvalue weighted by atomic mass is 10.1. The topological polar surface area (TPSA) is 38.5 Å². The molecule has 2 atom stereocenters. The number of nitrogens with two attached hydrogens (primary N) is 1. The van der Waals surface area contributed by atoms with Gasteiger partial charge in [-0.05, 0) is 12.5 Å². The first kappa shape index (κ1) is 10.6. The van der Waals surface area contributed by atoms with Crippen LogP contribution in [0.15, 0.2) is 30.3 Å². The molecule has 0 amide bonds. The fraction of sp³-hybridized carbons (Fsp3) is 0.500. The van der Waals surface area contributed by atoms with Crippen molar-refractivity contribution in [3.63, 3.8) is 0 Å². The Morgan fingerprint density at radius 2 is 2.13 bits per heavy atom. The highest BCUT2D eigenvalue weighted by Gasteiger charge is 2.25. The van der Waals surface area contributed by atoms with Crippen LogP contribution < -0.4 is 5.73 Å². The van der Waals surface area contributed by atoms with Crippen molar-refractivity contribution in [1.29, 1.82) is 0 Å². The standard InChI is InChI=1S/C12H18N2O/c1-10-12(13)14(7-8-15-10)9-11-5-3-2-4-6-11/h2-6,10,12H,7-9,13H2,1H3. The van der Waals surface area contributed by atoms with Crippen LogP contribution in [0.25, 0.3) is 0 Å². The van der Waals surface area contributed by atoms with Crippen LogP contribution in [-0.2, 0) is 11.3 Å². The second-order valence-electron chi connectivity index (χ2n) is 4.02. The Kier molecular flexibility index (Phi) is 3.36. The second-order valence-corrected chi connectivity index (χ2v) is 4.02. The Hall–Kier alpha value is -0.900. The van der Waals surface area contributed by atoms with Crippen molar-refractivity contribution in [2.75, 3.05) is 13.2 Å². The number of nitrogens with zero attached hydrogens (tertiary/aromatic N) is 1. The van der Waals surface area contributed by atoms with Crippen LogP contribution in [0, 0.1) is 0 Å². The van der Waals surface area contributed by atoms with E-state index in [1.807, 2.05) is 13.0 Å². The normalized spacial score (nSPS) is 27.9. The third kappa shape index (κ3) is 2.56. The number of hydrogen-bond acceptors (Lipinski definition) is 3. The summed E-state index contributed by atoms with van der Waals surface area (Å²) in [5.74, 6) is 0. The van der Waals surface area contributed by atoms with E-state index in [4.69, 9.17) is 10.5 Å². The molecule has 3 nitrogen and oxygen atoms in total. The van der Waals surface area contributed by atoms with E-state index in [1.165, 1.54) is 5.56 Å². The summed E-state index contributed by atoms with van der Waals surface area (Å²) < 4.78 is 5.49. The molecule has 0 aliphatic carbocycles. The van der Waals surface area contributed by atoms with Gasteiger partial charge in [0.1, 0.15) is 0 Å². The maximum absolute atomic E-state index is 6.07. The molecule has 1 aromatic carbocycles. The van der Waals surface area contributed by atoms with E-state index in [-0.39, 0.29) is 12.3 Å². The number of ether oxygens (including phenoxy) is 1. The molecule has 15 heavy (non-hydrogen) atoms. The number of hydrogen-bond donors (Lipinski definition) is 1. The molecule has 3 heteroatoms. The smallest absolute Gasteiger partial charge is 0.0843 e. The molecule has 0 bridgehead atoms. The third-order valence-electron chi connectivity index (χ3n) is 2.89. The fourth-order valence-corrected chi connectivity index (χ4v) is 1.90. The van der Waals surface area contributed by atoms with Crippen molar-refractivity contribution >= 4 is 0 Å². The minimum Gasteiger partial charge on any atom is -0.374 e. The average Bonchev–Trinajstić information content (AvgIpc) is 2.26. The van der Waals surface area contributed by atoms with Gasteiger partial charge in [0, 0.05) is 13.1 Å². The van der Waals surface area contributed by atoms with E-state index in [0.717, 1.165) is 19.7 Å². The molecule has 0 aromatic heterocycles. The van der Waals surface area contributed by atoms with E-state index >= 15 is 0 Å². The summed E-state index contributed by atoms with van der Waals surface area (Å²) in [6.45, 7) is 4.64. The molecule has 82 valence electrons. The molecule has 2 N–H and O–H groups in total. The highest BCUT2D eigenvalue weighted by molar-refractivity contribution is 5.14. The van der Waals surface area contributed by atoms with E-state index in [9.17, 15) is 0 Å². The van der Waals surface area contributed by atoms with Gasteiger partial charge in [-0.15, -0.1) is 0 Å². The molecule has 1 heterocycles. The molecule has 1 fully saturated rings. The maximum Gasteiger partial charge on any atom is 0.0843 e. The van der Waals surface area contributed by atoms with Crippen molar-refractivity contribution < 1.29 is 4.74 Å². The van der Waals surface area contributed by atoms with Crippen molar-refractivity contribution in [2.45, 2.75) is 25.7 Å². The Labute approximate surface area is 90.8 Å². The summed E-state index contributed by atoms with van der Waals surface area (Å²) in [5, 5.41) is 0. The molecule has 0 radical (unpaired) electrons. The summed E-state index contributed by atoms with van der Waals surface area (Å²) in [4.78, 5) is 2.27. The minimum atomic E-state index is 0.0129. The van der Waals surface area contributed by atoms with Crippen LogP contribution in [0.2, 0.25) is 0 Å². The predicted molar refractivity (Wildman–Crippen MR) is 60.2 cm³/mol. The maximum atomic E-state index is 6.07. The summed E-state index contributed by atoms with van der Waals surface area (Å²) >= 11 is 0. The van der Waals surface area contributed by atoms with Gasteiger partial charge in [0.05, 0.1) is 18.9 Å². The van der Waals surface area contributed by atoms with Gasteiger partial charge in [-0.3, -0.25) is 4.90 Å². The average molecular weight is 206 g/mol. The lowest BCUT2D eigenvalue weighted by Gasteiger charge is -2.37. The lowest BCUT2D eigenvalue weighted by molar-refractivity contribution is -0.0628. The zero-order valence-corrected chi connectivity index (χ0v) is 9.10. The van der Waals surface area contributed by atoms with Gasteiger partial charge in [-0.1, -0.05) is 30.3 Å². The van der Waals surface area contributed by atoms with Crippen LogP contribution in [0.1, 0.15) is 12.5 Å². The Morgan fingerprint density at radius 1 is 1.40 bits per heavy atom. The highest BCUT2D eigenvalue weighted by atomic mass is 16.5. The molecule has 0 spiro atoms. The fourth-order valence-electron chi connectivity index (χ4n) is 1.90. The van der Waals surface area contributed by atoms with Crippen LogP contribution in [0.4, 0.5) is 0 Å². The van der Waals surface area contributed by atoms with Crippen molar-refractivity contribution in [3.05, 3.63) is 35.9 Å². The molecule has 1 aliphatic rings. The number of benzene rings is 1. The molecule has 0 saturated carbocycles. The van der Waals surface area contributed by atoms with Gasteiger partial charge < -0.3 is 10.5 Å². The van der Waals surface area contributed by atoms with Crippen LogP contribution in [0.5, 0.6) is 0 Å². The van der Waals surface area contributed by atoms with Crippen molar-refractivity contribution in [3.8, 4) is 0 Å². The molecule has 1 aromatic rings. The van der Waals surface area contributed by atoms with Crippen molar-refractivity contribution in [2.24, 2.45) is 5.73 Å². The molecule has 1 aliphatic heterocycles. The minimum absolute atomic E-state index is 0.0129. The number of morpholine rings is 1. The first-order valence-corrected chi connectivity index (χ1v) is 5.42. The van der Waals surface area contributed by atoms with E-state index in [1.54, 1.807) is 0 Å². The molecular formula is C12H18N2O. The van der Waals surface area contributed by atoms with Gasteiger partial charge in [-0.2, -0.15) is 0 Å². The SMILES string of the molecule is CC1OCCN(Cc2ccccc2)C1N. The van der Waals surface area contributed by atoms with E-state index < -0.39 is 0 Å². The summed E-state index contributed by atoms with van der Waals surface area (Å²) in [5.41, 5.74) is 7.38. The molecule has 2 unspecified atom stereocenters. The van der Waals surface area contributed by atoms with E-state index in [2.05, 4.69) is 29.2 Å². The summed E-state index contributed by atoms with van der Waals surface area (Å²) in [6, 6.07) is 10.4. The molecule has 2 rings (SSSR count). The largest absolute Gasteiger partial charge is 0.374 e. The summed E-state index contributed by atoms with van der Waals surface area (Å²) in [6.07, 6.45) is 0.140. The Balaban J connectivity index is 1.99. The highest BCUT2D eigenvalue weighted by Crippen LogP contribution is 2.13. The Morgan fingerprint density at radius 3 is 2.87 bits per heavy atom. The zero-order chi connectivity index (χ0) is 10.7. The molecular weight excluding hydrogens is 188 g/mol. The van der Waals surface area contributed by atoms with Gasteiger partial charge in [0.2, 0.25) is 0 Å². The van der Waals surface area contributed by atoms with Crippen molar-refractivity contribution in [1.82, 2.24) is 4.90 Å². The first-order valence-electron chi connectivity index (χ1n) is 5.42. The summed E-state index contributed by atoms with van der Waals surface area (Å²) in [7, 11) is 0. The zero-order valence-electron chi connectivity index (χ0n) is 9.10. The second kappa shape index (κ2) is 4.75. The van der Waals surface area contributed by atoms with Crippen LogP contribution in [0.3, 0.4) is 0 Å². The lowest BCUT2D eigenvalue weighted by Crippen LogP contribution is -2.54. The number of rotatable bonds is 2.